The number of halogens is 2. The third-order valence-corrected chi connectivity index (χ3v) is 5.59. The Morgan fingerprint density at radius 1 is 1.08 bits per heavy atom. The van der Waals surface area contributed by atoms with Crippen molar-refractivity contribution in [2.24, 2.45) is 4.99 Å². The number of nitrogens with zero attached hydrogens (tertiary/aromatic N) is 1. The van der Waals surface area contributed by atoms with Gasteiger partial charge in [-0.3, -0.25) is 9.71 Å². The van der Waals surface area contributed by atoms with Gasteiger partial charge in [0, 0.05) is 11.6 Å². The van der Waals surface area contributed by atoms with Crippen LogP contribution in [0.5, 0.6) is 0 Å². The zero-order chi connectivity index (χ0) is 18.7. The first-order chi connectivity index (χ1) is 12.4. The fraction of sp³-hybridized carbons (Fsp3) is 0.278. The number of hydrogen-bond donors (Lipinski definition) is 1. The summed E-state index contributed by atoms with van der Waals surface area (Å²) in [5, 5.41) is 12.4. The summed E-state index contributed by atoms with van der Waals surface area (Å²) in [5.74, 6) is -2.91. The number of benzene rings is 2. The molecular formula is C18H17F2N2O3S-. The molecule has 0 heterocycles. The predicted molar refractivity (Wildman–Crippen MR) is 92.4 cm³/mol. The van der Waals surface area contributed by atoms with Gasteiger partial charge < -0.3 is 5.11 Å². The third kappa shape index (κ3) is 4.01. The van der Waals surface area contributed by atoms with E-state index < -0.39 is 32.5 Å². The van der Waals surface area contributed by atoms with Crippen LogP contribution in [-0.2, 0) is 10.0 Å². The molecule has 0 atom stereocenters. The van der Waals surface area contributed by atoms with Crippen LogP contribution in [0.15, 0.2) is 52.4 Å². The molecule has 8 heteroatoms. The summed E-state index contributed by atoms with van der Waals surface area (Å²) < 4.78 is 53.5. The number of aliphatic imine (C=N–C) groups is 1. The van der Waals surface area contributed by atoms with Gasteiger partial charge >= 0.3 is 0 Å². The number of hydrogen-bond acceptors (Lipinski definition) is 4. The Morgan fingerprint density at radius 3 is 2.46 bits per heavy atom. The van der Waals surface area contributed by atoms with Crippen LogP contribution in [0.2, 0.25) is 0 Å². The maximum Gasteiger partial charge on any atom is 0.262 e. The number of sulfonamides is 1. The van der Waals surface area contributed by atoms with Crippen LogP contribution in [0.1, 0.15) is 31.2 Å². The Kier molecular flexibility index (Phi) is 5.22. The van der Waals surface area contributed by atoms with Gasteiger partial charge in [0.15, 0.2) is 11.6 Å². The molecular weight excluding hydrogens is 362 g/mol. The van der Waals surface area contributed by atoms with Gasteiger partial charge in [0.1, 0.15) is 0 Å². The fourth-order valence-corrected chi connectivity index (χ4v) is 3.97. The summed E-state index contributed by atoms with van der Waals surface area (Å²) in [5.41, 5.74) is 0.162. The van der Waals surface area contributed by atoms with Crippen LogP contribution in [0.4, 0.5) is 14.5 Å². The summed E-state index contributed by atoms with van der Waals surface area (Å²) in [4.78, 5) is 3.71. The second-order valence-corrected chi connectivity index (χ2v) is 7.78. The molecule has 2 aromatic carbocycles. The smallest absolute Gasteiger partial charge is 0.262 e. The van der Waals surface area contributed by atoms with Crippen molar-refractivity contribution in [3.05, 3.63) is 59.7 Å². The van der Waals surface area contributed by atoms with E-state index in [1.54, 1.807) is 12.1 Å². The van der Waals surface area contributed by atoms with Crippen molar-refractivity contribution in [1.82, 2.24) is 0 Å². The summed E-state index contributed by atoms with van der Waals surface area (Å²) in [7, 11) is -4.19. The first-order valence-electron chi connectivity index (χ1n) is 8.19. The van der Waals surface area contributed by atoms with E-state index in [9.17, 15) is 22.3 Å². The van der Waals surface area contributed by atoms with Crippen molar-refractivity contribution in [3.8, 4) is 0 Å². The molecule has 0 bridgehead atoms. The maximum absolute atomic E-state index is 13.3. The van der Waals surface area contributed by atoms with Gasteiger partial charge in [-0.05, 0) is 43.0 Å². The lowest BCUT2D eigenvalue weighted by Crippen LogP contribution is -2.24. The molecule has 0 spiro atoms. The Bertz CT molecular complexity index is 939. The average Bonchev–Trinajstić information content (AvgIpc) is 3.10. The summed E-state index contributed by atoms with van der Waals surface area (Å²) in [6.45, 7) is 0. The van der Waals surface area contributed by atoms with E-state index in [2.05, 4.69) is 9.71 Å². The molecule has 0 aliphatic heterocycles. The summed E-state index contributed by atoms with van der Waals surface area (Å²) >= 11 is 0. The Labute approximate surface area is 150 Å². The van der Waals surface area contributed by atoms with Crippen molar-refractivity contribution in [3.63, 3.8) is 0 Å². The van der Waals surface area contributed by atoms with Crippen LogP contribution >= 0.6 is 0 Å². The molecule has 1 aliphatic rings. The van der Waals surface area contributed by atoms with E-state index in [-0.39, 0.29) is 17.3 Å². The van der Waals surface area contributed by atoms with Gasteiger partial charge in [0.25, 0.3) is 10.0 Å². The minimum absolute atomic E-state index is 0.0432. The molecule has 0 aromatic heterocycles. The first-order valence-corrected chi connectivity index (χ1v) is 9.67. The predicted octanol–water partition coefficient (Wildman–Crippen LogP) is 2.82. The van der Waals surface area contributed by atoms with E-state index in [4.69, 9.17) is 0 Å². The molecule has 3 rings (SSSR count). The van der Waals surface area contributed by atoms with Crippen molar-refractivity contribution in [2.75, 3.05) is 4.72 Å². The van der Waals surface area contributed by atoms with E-state index >= 15 is 0 Å². The monoisotopic (exact) mass is 379 g/mol. The SMILES string of the molecule is O=S(=O)(Nc1ccccc1C([O-])=NC1CCCC1)c1ccc(F)c(F)c1. The van der Waals surface area contributed by atoms with Gasteiger partial charge in [-0.25, -0.2) is 17.2 Å². The van der Waals surface area contributed by atoms with Gasteiger partial charge in [0.2, 0.25) is 0 Å². The van der Waals surface area contributed by atoms with Crippen LogP contribution in [-0.4, -0.2) is 20.4 Å². The number of rotatable bonds is 5. The van der Waals surface area contributed by atoms with Gasteiger partial charge in [-0.1, -0.05) is 31.0 Å². The second kappa shape index (κ2) is 7.41. The largest absolute Gasteiger partial charge is 0.858 e. The van der Waals surface area contributed by atoms with Crippen LogP contribution in [0, 0.1) is 11.6 Å². The number of anilines is 1. The molecule has 0 radical (unpaired) electrons. The third-order valence-electron chi connectivity index (χ3n) is 4.23. The van der Waals surface area contributed by atoms with E-state index in [1.165, 1.54) is 12.1 Å². The average molecular weight is 379 g/mol. The van der Waals surface area contributed by atoms with E-state index in [0.29, 0.717) is 6.07 Å². The van der Waals surface area contributed by atoms with Crippen LogP contribution < -0.4 is 9.83 Å². The molecule has 2 aromatic rings. The highest BCUT2D eigenvalue weighted by atomic mass is 32.2. The molecule has 0 unspecified atom stereocenters. The van der Waals surface area contributed by atoms with Crippen LogP contribution in [0.3, 0.4) is 0 Å². The highest BCUT2D eigenvalue weighted by molar-refractivity contribution is 7.92. The Hall–Kier alpha value is -2.48. The zero-order valence-electron chi connectivity index (χ0n) is 13.8. The highest BCUT2D eigenvalue weighted by Gasteiger charge is 2.19. The van der Waals surface area contributed by atoms with Crippen molar-refractivity contribution in [2.45, 2.75) is 36.6 Å². The first kappa shape index (κ1) is 18.3. The normalized spacial score (nSPS) is 16.0. The zero-order valence-corrected chi connectivity index (χ0v) is 14.6. The van der Waals surface area contributed by atoms with Gasteiger partial charge in [-0.2, -0.15) is 0 Å². The van der Waals surface area contributed by atoms with E-state index in [1.807, 2.05) is 0 Å². The molecule has 0 saturated heterocycles. The van der Waals surface area contributed by atoms with E-state index in [0.717, 1.165) is 37.8 Å². The molecule has 1 N–H and O–H groups in total. The van der Waals surface area contributed by atoms with Crippen molar-refractivity contribution in [1.29, 1.82) is 0 Å². The van der Waals surface area contributed by atoms with Gasteiger partial charge in [0.05, 0.1) is 10.6 Å². The summed E-state index contributed by atoms with van der Waals surface area (Å²) in [6.07, 6.45) is 3.72. The summed E-state index contributed by atoms with van der Waals surface area (Å²) in [6, 6.07) is 8.30. The molecule has 138 valence electrons. The lowest BCUT2D eigenvalue weighted by atomic mass is 10.1. The lowest BCUT2D eigenvalue weighted by Gasteiger charge is -2.18. The van der Waals surface area contributed by atoms with Gasteiger partial charge in [-0.15, -0.1) is 0 Å². The minimum Gasteiger partial charge on any atom is -0.858 e. The standard InChI is InChI=1S/C18H18F2N2O3S/c19-15-10-9-13(11-16(15)20)26(24,25)22-17-8-4-3-7-14(17)18(23)21-12-5-1-2-6-12/h3-4,7-12,22H,1-2,5-6H2,(H,21,23)/p-1. The maximum atomic E-state index is 13.3. The molecule has 0 amide bonds. The van der Waals surface area contributed by atoms with Crippen molar-refractivity contribution >= 4 is 21.6 Å². The fourth-order valence-electron chi connectivity index (χ4n) is 2.88. The molecule has 1 fully saturated rings. The van der Waals surface area contributed by atoms with Crippen LogP contribution in [0.25, 0.3) is 0 Å². The number of nitrogens with one attached hydrogen (secondary N) is 1. The minimum atomic E-state index is -4.19. The molecule has 1 aliphatic carbocycles. The second-order valence-electron chi connectivity index (χ2n) is 6.10. The molecule has 5 nitrogen and oxygen atoms in total. The topological polar surface area (TPSA) is 81.6 Å². The number of para-hydroxylation sites is 1. The Balaban J connectivity index is 1.91. The molecule has 1 saturated carbocycles. The highest BCUT2D eigenvalue weighted by Crippen LogP contribution is 2.24. The van der Waals surface area contributed by atoms with Crippen molar-refractivity contribution < 1.29 is 22.3 Å². The Morgan fingerprint density at radius 2 is 1.77 bits per heavy atom. The molecule has 26 heavy (non-hydrogen) atoms. The quantitative estimate of drug-likeness (QED) is 0.641. The lowest BCUT2D eigenvalue weighted by molar-refractivity contribution is -0.213.